The van der Waals surface area contributed by atoms with E-state index >= 15 is 0 Å². The fourth-order valence-electron chi connectivity index (χ4n) is 0.899. The first kappa shape index (κ1) is 10.2. The van der Waals surface area contributed by atoms with Crippen LogP contribution >= 0.6 is 11.8 Å². The molecule has 0 N–H and O–H groups in total. The summed E-state index contributed by atoms with van der Waals surface area (Å²) in [5.74, 6) is -4.25. The van der Waals surface area contributed by atoms with Gasteiger partial charge in [0, 0.05) is 0 Å². The molecule has 0 saturated carbocycles. The summed E-state index contributed by atoms with van der Waals surface area (Å²) in [6.45, 7) is 0. The SMILES string of the molecule is COc1c(SC)cc(F)c(F)c1F. The van der Waals surface area contributed by atoms with E-state index in [2.05, 4.69) is 4.74 Å². The van der Waals surface area contributed by atoms with Gasteiger partial charge in [-0.15, -0.1) is 11.8 Å². The maximum absolute atomic E-state index is 13.0. The van der Waals surface area contributed by atoms with Gasteiger partial charge in [0.05, 0.1) is 12.0 Å². The quantitative estimate of drug-likeness (QED) is 0.546. The predicted molar refractivity (Wildman–Crippen MR) is 44.6 cm³/mol. The van der Waals surface area contributed by atoms with E-state index in [4.69, 9.17) is 0 Å². The Morgan fingerprint density at radius 1 is 1.23 bits per heavy atom. The number of benzene rings is 1. The molecule has 1 aromatic carbocycles. The molecule has 0 atom stereocenters. The predicted octanol–water partition coefficient (Wildman–Crippen LogP) is 2.83. The van der Waals surface area contributed by atoms with Crippen LogP contribution in [0.1, 0.15) is 0 Å². The zero-order valence-electron chi connectivity index (χ0n) is 7.03. The molecule has 0 aliphatic heterocycles. The molecule has 0 heterocycles. The van der Waals surface area contributed by atoms with Gasteiger partial charge in [-0.25, -0.2) is 8.78 Å². The lowest BCUT2D eigenvalue weighted by atomic mass is 10.3. The van der Waals surface area contributed by atoms with E-state index in [-0.39, 0.29) is 10.6 Å². The highest BCUT2D eigenvalue weighted by Gasteiger charge is 2.18. The summed E-state index contributed by atoms with van der Waals surface area (Å²) in [6.07, 6.45) is 1.62. The molecule has 13 heavy (non-hydrogen) atoms. The number of ether oxygens (including phenoxy) is 1. The second-order valence-electron chi connectivity index (χ2n) is 2.22. The van der Waals surface area contributed by atoms with Crippen molar-refractivity contribution in [3.05, 3.63) is 23.5 Å². The van der Waals surface area contributed by atoms with E-state index in [0.29, 0.717) is 0 Å². The standard InChI is InChI=1S/C8H7F3OS/c1-12-8-5(13-2)3-4(9)6(10)7(8)11/h3H,1-2H3. The smallest absolute Gasteiger partial charge is 0.204 e. The van der Waals surface area contributed by atoms with Crippen LogP contribution in [0, 0.1) is 17.5 Å². The number of rotatable bonds is 2. The van der Waals surface area contributed by atoms with Crippen LogP contribution in [-0.2, 0) is 0 Å². The molecule has 0 amide bonds. The minimum absolute atomic E-state index is 0.235. The Labute approximate surface area is 77.9 Å². The average molecular weight is 208 g/mol. The first-order chi connectivity index (χ1) is 6.11. The third-order valence-corrected chi connectivity index (χ3v) is 2.25. The van der Waals surface area contributed by atoms with Gasteiger partial charge in [-0.2, -0.15) is 4.39 Å². The van der Waals surface area contributed by atoms with E-state index in [9.17, 15) is 13.2 Å². The Kier molecular flexibility index (Phi) is 3.08. The molecule has 0 spiro atoms. The van der Waals surface area contributed by atoms with Gasteiger partial charge in [-0.05, 0) is 12.3 Å². The molecular formula is C8H7F3OS. The molecule has 0 unspecified atom stereocenters. The molecule has 0 aliphatic rings. The number of methoxy groups -OCH3 is 1. The Balaban J connectivity index is 3.39. The largest absolute Gasteiger partial charge is 0.492 e. The topological polar surface area (TPSA) is 9.23 Å². The molecule has 0 radical (unpaired) electrons. The van der Waals surface area contributed by atoms with E-state index < -0.39 is 17.5 Å². The summed E-state index contributed by atoms with van der Waals surface area (Å²) in [5.41, 5.74) is 0. The third kappa shape index (κ3) is 1.75. The van der Waals surface area contributed by atoms with Crippen molar-refractivity contribution >= 4 is 11.8 Å². The summed E-state index contributed by atoms with van der Waals surface area (Å²) in [4.78, 5) is 0.235. The lowest BCUT2D eigenvalue weighted by Crippen LogP contribution is -1.97. The van der Waals surface area contributed by atoms with Crippen molar-refractivity contribution < 1.29 is 17.9 Å². The summed E-state index contributed by atoms with van der Waals surface area (Å²) in [6, 6.07) is 0.905. The summed E-state index contributed by atoms with van der Waals surface area (Å²) in [5, 5.41) is 0. The molecule has 1 nitrogen and oxygen atoms in total. The Hall–Kier alpha value is -0.840. The normalized spacial score (nSPS) is 10.2. The van der Waals surface area contributed by atoms with Crippen LogP contribution in [0.25, 0.3) is 0 Å². The molecule has 0 aromatic heterocycles. The minimum atomic E-state index is -1.50. The number of hydrogen-bond donors (Lipinski definition) is 0. The van der Waals surface area contributed by atoms with Crippen molar-refractivity contribution in [2.45, 2.75) is 4.90 Å². The number of hydrogen-bond acceptors (Lipinski definition) is 2. The van der Waals surface area contributed by atoms with Crippen LogP contribution in [0.2, 0.25) is 0 Å². The van der Waals surface area contributed by atoms with Crippen LogP contribution < -0.4 is 4.74 Å². The monoisotopic (exact) mass is 208 g/mol. The highest BCUT2D eigenvalue weighted by atomic mass is 32.2. The molecule has 1 rings (SSSR count). The lowest BCUT2D eigenvalue weighted by Gasteiger charge is -2.07. The van der Waals surface area contributed by atoms with Crippen molar-refractivity contribution in [2.24, 2.45) is 0 Å². The Morgan fingerprint density at radius 2 is 1.85 bits per heavy atom. The maximum atomic E-state index is 13.0. The Morgan fingerprint density at radius 3 is 2.31 bits per heavy atom. The first-order valence-electron chi connectivity index (χ1n) is 3.37. The van der Waals surface area contributed by atoms with E-state index in [0.717, 1.165) is 17.8 Å². The van der Waals surface area contributed by atoms with Gasteiger partial charge in [0.25, 0.3) is 0 Å². The van der Waals surface area contributed by atoms with Gasteiger partial charge >= 0.3 is 0 Å². The van der Waals surface area contributed by atoms with Gasteiger partial charge < -0.3 is 4.74 Å². The molecule has 0 bridgehead atoms. The number of halogens is 3. The van der Waals surface area contributed by atoms with Crippen LogP contribution in [0.15, 0.2) is 11.0 Å². The van der Waals surface area contributed by atoms with Gasteiger partial charge in [0.1, 0.15) is 0 Å². The van der Waals surface area contributed by atoms with E-state index in [1.807, 2.05) is 0 Å². The second-order valence-corrected chi connectivity index (χ2v) is 3.07. The van der Waals surface area contributed by atoms with Crippen LogP contribution in [0.5, 0.6) is 5.75 Å². The molecule has 0 saturated heterocycles. The highest BCUT2D eigenvalue weighted by Crippen LogP contribution is 2.32. The molecule has 1 aromatic rings. The zero-order valence-corrected chi connectivity index (χ0v) is 7.84. The molecular weight excluding hydrogens is 201 g/mol. The Bertz CT molecular complexity index is 328. The van der Waals surface area contributed by atoms with Crippen molar-refractivity contribution in [3.8, 4) is 5.75 Å². The van der Waals surface area contributed by atoms with Crippen molar-refractivity contribution in [3.63, 3.8) is 0 Å². The molecule has 0 aliphatic carbocycles. The van der Waals surface area contributed by atoms with E-state index in [1.165, 1.54) is 7.11 Å². The van der Waals surface area contributed by atoms with Gasteiger partial charge in [-0.3, -0.25) is 0 Å². The third-order valence-electron chi connectivity index (χ3n) is 1.51. The van der Waals surface area contributed by atoms with Crippen molar-refractivity contribution in [2.75, 3.05) is 13.4 Å². The first-order valence-corrected chi connectivity index (χ1v) is 4.59. The van der Waals surface area contributed by atoms with Crippen LogP contribution in [-0.4, -0.2) is 13.4 Å². The molecule has 5 heteroatoms. The van der Waals surface area contributed by atoms with Gasteiger partial charge in [0.2, 0.25) is 5.82 Å². The fourth-order valence-corrected chi connectivity index (χ4v) is 1.48. The summed E-state index contributed by atoms with van der Waals surface area (Å²) < 4.78 is 42.9. The average Bonchev–Trinajstić information content (AvgIpc) is 2.13. The van der Waals surface area contributed by atoms with Crippen molar-refractivity contribution in [1.29, 1.82) is 0 Å². The second kappa shape index (κ2) is 3.91. The number of thioether (sulfide) groups is 1. The van der Waals surface area contributed by atoms with Crippen LogP contribution in [0.3, 0.4) is 0 Å². The van der Waals surface area contributed by atoms with E-state index in [1.54, 1.807) is 6.26 Å². The van der Waals surface area contributed by atoms with Crippen LogP contribution in [0.4, 0.5) is 13.2 Å². The highest BCUT2D eigenvalue weighted by molar-refractivity contribution is 7.98. The fraction of sp³-hybridized carbons (Fsp3) is 0.250. The van der Waals surface area contributed by atoms with Gasteiger partial charge in [-0.1, -0.05) is 0 Å². The summed E-state index contributed by atoms with van der Waals surface area (Å²) in [7, 11) is 1.20. The van der Waals surface area contributed by atoms with Gasteiger partial charge in [0.15, 0.2) is 17.4 Å². The lowest BCUT2D eigenvalue weighted by molar-refractivity contribution is 0.350. The van der Waals surface area contributed by atoms with Crippen molar-refractivity contribution in [1.82, 2.24) is 0 Å². The summed E-state index contributed by atoms with van der Waals surface area (Å²) >= 11 is 1.09. The zero-order chi connectivity index (χ0) is 10.0. The minimum Gasteiger partial charge on any atom is -0.492 e. The molecule has 0 fully saturated rings. The maximum Gasteiger partial charge on any atom is 0.204 e. The molecule has 72 valence electrons.